The molecule has 2 fully saturated rings. The highest BCUT2D eigenvalue weighted by atomic mass is 16.2. The van der Waals surface area contributed by atoms with Gasteiger partial charge in [-0.15, -0.1) is 0 Å². The van der Waals surface area contributed by atoms with Gasteiger partial charge in [-0.25, -0.2) is 4.68 Å². The molecule has 0 bridgehead atoms. The van der Waals surface area contributed by atoms with Crippen molar-refractivity contribution in [2.24, 2.45) is 0 Å². The fourth-order valence-corrected chi connectivity index (χ4v) is 5.00. The molecule has 0 aliphatic carbocycles. The number of carbonyl (C=O) groups is 1. The van der Waals surface area contributed by atoms with Crippen LogP contribution in [-0.4, -0.2) is 57.7 Å². The first-order valence-corrected chi connectivity index (χ1v) is 11.7. The van der Waals surface area contributed by atoms with Gasteiger partial charge in [-0.3, -0.25) is 9.59 Å². The third kappa shape index (κ3) is 4.59. The Labute approximate surface area is 178 Å². The van der Waals surface area contributed by atoms with Crippen LogP contribution >= 0.6 is 0 Å². The first-order chi connectivity index (χ1) is 14.7. The minimum Gasteiger partial charge on any atom is -0.338 e. The van der Waals surface area contributed by atoms with E-state index in [4.69, 9.17) is 0 Å². The Morgan fingerprint density at radius 3 is 2.53 bits per heavy atom. The number of aromatic nitrogens is 2. The van der Waals surface area contributed by atoms with Crippen LogP contribution in [0.1, 0.15) is 57.6 Å². The number of likely N-dealkylation sites (tertiary alicyclic amines) is 2. The fourth-order valence-electron chi connectivity index (χ4n) is 5.00. The van der Waals surface area contributed by atoms with Crippen LogP contribution in [0.4, 0.5) is 0 Å². The summed E-state index contributed by atoms with van der Waals surface area (Å²) in [6.45, 7) is 6.76. The minimum atomic E-state index is -0.0652. The number of nitrogens with zero attached hydrogens (tertiary/aromatic N) is 4. The van der Waals surface area contributed by atoms with Crippen LogP contribution < -0.4 is 5.56 Å². The predicted octanol–water partition coefficient (Wildman–Crippen LogP) is 3.22. The summed E-state index contributed by atoms with van der Waals surface area (Å²) in [5.74, 6) is 0.149. The van der Waals surface area contributed by atoms with Gasteiger partial charge in [-0.1, -0.05) is 31.5 Å². The second-order valence-electron chi connectivity index (χ2n) is 8.80. The topological polar surface area (TPSA) is 58.4 Å². The first kappa shape index (κ1) is 21.0. The largest absolute Gasteiger partial charge is 0.338 e. The van der Waals surface area contributed by atoms with E-state index in [0.717, 1.165) is 56.5 Å². The van der Waals surface area contributed by atoms with Crippen molar-refractivity contribution in [1.29, 1.82) is 0 Å². The second-order valence-corrected chi connectivity index (χ2v) is 8.80. The molecule has 162 valence electrons. The smallest absolute Gasteiger partial charge is 0.274 e. The molecule has 4 rings (SSSR count). The molecule has 2 aromatic rings. The van der Waals surface area contributed by atoms with Crippen LogP contribution in [0, 0.1) is 0 Å². The maximum atomic E-state index is 13.4. The zero-order valence-corrected chi connectivity index (χ0v) is 18.2. The van der Waals surface area contributed by atoms with E-state index in [1.807, 2.05) is 31.2 Å². The second kappa shape index (κ2) is 9.73. The summed E-state index contributed by atoms with van der Waals surface area (Å²) in [6, 6.07) is 7.87. The van der Waals surface area contributed by atoms with Crippen molar-refractivity contribution >= 4 is 16.7 Å². The highest BCUT2D eigenvalue weighted by molar-refractivity contribution is 5.88. The summed E-state index contributed by atoms with van der Waals surface area (Å²) in [4.78, 5) is 30.8. The Balaban J connectivity index is 1.56. The van der Waals surface area contributed by atoms with Gasteiger partial charge < -0.3 is 9.80 Å². The third-order valence-corrected chi connectivity index (χ3v) is 6.56. The molecule has 1 aromatic carbocycles. The van der Waals surface area contributed by atoms with Crippen molar-refractivity contribution in [3.8, 4) is 0 Å². The molecule has 1 atom stereocenters. The van der Waals surface area contributed by atoms with Crippen LogP contribution in [0.25, 0.3) is 10.8 Å². The lowest BCUT2D eigenvalue weighted by molar-refractivity contribution is -0.134. The highest BCUT2D eigenvalue weighted by Crippen LogP contribution is 2.22. The van der Waals surface area contributed by atoms with Crippen molar-refractivity contribution in [3.05, 3.63) is 40.3 Å². The van der Waals surface area contributed by atoms with Gasteiger partial charge in [0.15, 0.2) is 0 Å². The van der Waals surface area contributed by atoms with E-state index < -0.39 is 0 Å². The molecule has 3 heterocycles. The Hall–Kier alpha value is -2.21. The zero-order valence-electron chi connectivity index (χ0n) is 18.2. The molecule has 2 aliphatic rings. The zero-order chi connectivity index (χ0) is 20.9. The molecule has 30 heavy (non-hydrogen) atoms. The molecule has 6 nitrogen and oxygen atoms in total. The molecule has 0 saturated carbocycles. The average molecular weight is 411 g/mol. The van der Waals surface area contributed by atoms with Crippen molar-refractivity contribution < 1.29 is 4.79 Å². The number of piperidine rings is 2. The quantitative estimate of drug-likeness (QED) is 0.734. The molecule has 2 aliphatic heterocycles. The Morgan fingerprint density at radius 1 is 1.03 bits per heavy atom. The van der Waals surface area contributed by atoms with Crippen LogP contribution in [-0.2, 0) is 17.8 Å². The van der Waals surface area contributed by atoms with Crippen molar-refractivity contribution in [1.82, 2.24) is 19.6 Å². The number of hydrogen-bond donors (Lipinski definition) is 0. The number of rotatable bonds is 6. The van der Waals surface area contributed by atoms with Gasteiger partial charge in [0.25, 0.3) is 5.56 Å². The maximum Gasteiger partial charge on any atom is 0.274 e. The van der Waals surface area contributed by atoms with E-state index >= 15 is 0 Å². The lowest BCUT2D eigenvalue weighted by Gasteiger charge is -2.39. The number of amides is 1. The Bertz CT molecular complexity index is 932. The molecular weight excluding hydrogens is 376 g/mol. The molecule has 2 saturated heterocycles. The predicted molar refractivity (Wildman–Crippen MR) is 120 cm³/mol. The summed E-state index contributed by atoms with van der Waals surface area (Å²) >= 11 is 0. The molecule has 0 radical (unpaired) electrons. The van der Waals surface area contributed by atoms with Crippen molar-refractivity contribution in [2.45, 2.75) is 70.9 Å². The van der Waals surface area contributed by atoms with E-state index in [2.05, 4.69) is 14.9 Å². The monoisotopic (exact) mass is 410 g/mol. The van der Waals surface area contributed by atoms with E-state index in [0.29, 0.717) is 18.0 Å². The molecule has 0 spiro atoms. The number of carbonyl (C=O) groups excluding carboxylic acids is 1. The Morgan fingerprint density at radius 2 is 1.77 bits per heavy atom. The maximum absolute atomic E-state index is 13.4. The molecule has 6 heteroatoms. The molecule has 1 aromatic heterocycles. The fraction of sp³-hybridized carbons (Fsp3) is 0.625. The lowest BCUT2D eigenvalue weighted by Crippen LogP contribution is -2.50. The standard InChI is InChI=1S/C24H34N4O2/c1-2-13-28-24(30)21-12-5-4-11-20(21)22(25-28)17-23(29)27-16-9-6-10-19(27)18-26-14-7-3-8-15-26/h4-5,11-12,19H,2-3,6-10,13-18H2,1H3/t19-/m0/s1. The van der Waals surface area contributed by atoms with Crippen LogP contribution in [0.2, 0.25) is 0 Å². The van der Waals surface area contributed by atoms with E-state index in [1.54, 1.807) is 0 Å². The number of aryl methyl sites for hydroxylation is 1. The first-order valence-electron chi connectivity index (χ1n) is 11.7. The van der Waals surface area contributed by atoms with Crippen molar-refractivity contribution in [3.63, 3.8) is 0 Å². The lowest BCUT2D eigenvalue weighted by atomic mass is 9.99. The summed E-state index contributed by atoms with van der Waals surface area (Å²) in [7, 11) is 0. The minimum absolute atomic E-state index is 0.0652. The molecule has 0 N–H and O–H groups in total. The van der Waals surface area contributed by atoms with Crippen LogP contribution in [0.5, 0.6) is 0 Å². The SMILES string of the molecule is CCCn1nc(CC(=O)N2CCCC[C@H]2CN2CCCCC2)c2ccccc2c1=O. The van der Waals surface area contributed by atoms with E-state index in [-0.39, 0.29) is 17.9 Å². The third-order valence-electron chi connectivity index (χ3n) is 6.56. The van der Waals surface area contributed by atoms with E-state index in [1.165, 1.54) is 30.4 Å². The van der Waals surface area contributed by atoms with Crippen LogP contribution in [0.3, 0.4) is 0 Å². The van der Waals surface area contributed by atoms with Crippen LogP contribution in [0.15, 0.2) is 29.1 Å². The summed E-state index contributed by atoms with van der Waals surface area (Å²) in [6.07, 6.45) is 8.34. The summed E-state index contributed by atoms with van der Waals surface area (Å²) < 4.78 is 1.53. The summed E-state index contributed by atoms with van der Waals surface area (Å²) in [5, 5.41) is 6.08. The highest BCUT2D eigenvalue weighted by Gasteiger charge is 2.29. The molecule has 1 amide bonds. The molecule has 0 unspecified atom stereocenters. The van der Waals surface area contributed by atoms with Gasteiger partial charge in [-0.05, 0) is 57.7 Å². The number of fused-ring (bicyclic) bond motifs is 1. The summed E-state index contributed by atoms with van der Waals surface area (Å²) in [5.41, 5.74) is 0.663. The van der Waals surface area contributed by atoms with Gasteiger partial charge in [0.1, 0.15) is 0 Å². The normalized spacial score (nSPS) is 20.6. The van der Waals surface area contributed by atoms with Gasteiger partial charge in [0.05, 0.1) is 17.5 Å². The van der Waals surface area contributed by atoms with Gasteiger partial charge in [0.2, 0.25) is 5.91 Å². The average Bonchev–Trinajstić information content (AvgIpc) is 2.78. The molecular formula is C24H34N4O2. The van der Waals surface area contributed by atoms with Gasteiger partial charge in [0, 0.05) is 31.1 Å². The number of hydrogen-bond acceptors (Lipinski definition) is 4. The van der Waals surface area contributed by atoms with Gasteiger partial charge in [-0.2, -0.15) is 5.10 Å². The number of benzene rings is 1. The Kier molecular flexibility index (Phi) is 6.82. The van der Waals surface area contributed by atoms with Gasteiger partial charge >= 0.3 is 0 Å². The van der Waals surface area contributed by atoms with Crippen molar-refractivity contribution in [2.75, 3.05) is 26.2 Å². The van der Waals surface area contributed by atoms with E-state index in [9.17, 15) is 9.59 Å².